The molecule has 1 rings (SSSR count). The van der Waals surface area contributed by atoms with Gasteiger partial charge < -0.3 is 4.74 Å². The number of ether oxygens (including phenoxy) is 1. The summed E-state index contributed by atoms with van der Waals surface area (Å²) < 4.78 is 7.00. The second-order valence-electron chi connectivity index (χ2n) is 5.43. The van der Waals surface area contributed by atoms with E-state index >= 15 is 0 Å². The van der Waals surface area contributed by atoms with Gasteiger partial charge >= 0.3 is 0 Å². The minimum Gasteiger partial charge on any atom is -0.361 e. The molecule has 1 heterocycles. The van der Waals surface area contributed by atoms with Crippen molar-refractivity contribution in [1.29, 1.82) is 0 Å². The van der Waals surface area contributed by atoms with Gasteiger partial charge in [-0.25, -0.2) is 0 Å². The Balaban J connectivity index is 2.73. The molecule has 0 bridgehead atoms. The first-order valence-corrected chi connectivity index (χ1v) is 10.6. The summed E-state index contributed by atoms with van der Waals surface area (Å²) in [5, 5.41) is 10.7. The average Bonchev–Trinajstić information content (AvgIpc) is 2.27. The maximum absolute atomic E-state index is 11.8. The number of rotatable bonds is 6. The molecule has 0 aromatic carbocycles. The SMILES string of the molecule is C[Si](C)(C)CCOCn1cc([N+](=O)[O-])cc(I)c1=O. The molecule has 0 saturated heterocycles. The van der Waals surface area contributed by atoms with E-state index in [1.54, 1.807) is 22.6 Å². The Morgan fingerprint density at radius 3 is 2.63 bits per heavy atom. The highest BCUT2D eigenvalue weighted by atomic mass is 127. The van der Waals surface area contributed by atoms with Gasteiger partial charge in [0.25, 0.3) is 11.2 Å². The van der Waals surface area contributed by atoms with Gasteiger partial charge in [0.2, 0.25) is 0 Å². The monoisotopic (exact) mass is 396 g/mol. The summed E-state index contributed by atoms with van der Waals surface area (Å²) in [5.41, 5.74) is -0.364. The lowest BCUT2D eigenvalue weighted by atomic mass is 10.4. The fraction of sp³-hybridized carbons (Fsp3) is 0.545. The van der Waals surface area contributed by atoms with Crippen LogP contribution >= 0.6 is 22.6 Å². The van der Waals surface area contributed by atoms with E-state index in [1.807, 2.05) is 0 Å². The highest BCUT2D eigenvalue weighted by molar-refractivity contribution is 14.1. The van der Waals surface area contributed by atoms with Crippen molar-refractivity contribution in [1.82, 2.24) is 4.57 Å². The molecule has 1 aromatic heterocycles. The lowest BCUT2D eigenvalue weighted by Crippen LogP contribution is -2.26. The highest BCUT2D eigenvalue weighted by Crippen LogP contribution is 2.12. The molecule has 0 amide bonds. The van der Waals surface area contributed by atoms with Gasteiger partial charge in [0.05, 0.1) is 14.7 Å². The molecule has 106 valence electrons. The smallest absolute Gasteiger partial charge is 0.286 e. The number of aromatic nitrogens is 1. The highest BCUT2D eigenvalue weighted by Gasteiger charge is 2.14. The number of hydrogen-bond donors (Lipinski definition) is 0. The summed E-state index contributed by atoms with van der Waals surface area (Å²) in [5.74, 6) is 0. The van der Waals surface area contributed by atoms with Crippen LogP contribution in [0, 0.1) is 13.7 Å². The summed E-state index contributed by atoms with van der Waals surface area (Å²) in [6.07, 6.45) is 1.22. The predicted molar refractivity (Wildman–Crippen MR) is 84.2 cm³/mol. The molecule has 0 fully saturated rings. The molecule has 0 atom stereocenters. The number of nitro groups is 1. The van der Waals surface area contributed by atoms with Crippen molar-refractivity contribution in [3.63, 3.8) is 0 Å². The van der Waals surface area contributed by atoms with Crippen molar-refractivity contribution in [2.75, 3.05) is 6.61 Å². The molecule has 0 aliphatic heterocycles. The molecule has 0 aliphatic rings. The summed E-state index contributed by atoms with van der Waals surface area (Å²) >= 11 is 1.80. The van der Waals surface area contributed by atoms with Crippen molar-refractivity contribution < 1.29 is 9.66 Å². The van der Waals surface area contributed by atoms with E-state index in [0.29, 0.717) is 10.2 Å². The van der Waals surface area contributed by atoms with Crippen LogP contribution in [-0.2, 0) is 11.5 Å². The molecule has 8 heteroatoms. The van der Waals surface area contributed by atoms with Gasteiger partial charge in [0, 0.05) is 20.7 Å². The molecule has 0 unspecified atom stereocenters. The van der Waals surface area contributed by atoms with Crippen LogP contribution in [0.1, 0.15) is 0 Å². The Hall–Kier alpha value is -0.743. The molecule has 1 aromatic rings. The summed E-state index contributed by atoms with van der Waals surface area (Å²) in [6, 6.07) is 2.26. The first kappa shape index (κ1) is 16.3. The van der Waals surface area contributed by atoms with Crippen molar-refractivity contribution in [2.45, 2.75) is 32.4 Å². The lowest BCUT2D eigenvalue weighted by molar-refractivity contribution is -0.385. The lowest BCUT2D eigenvalue weighted by Gasteiger charge is -2.15. The third-order valence-corrected chi connectivity index (χ3v) is 4.94. The molecule has 0 spiro atoms. The number of nitrogens with zero attached hydrogens (tertiary/aromatic N) is 2. The van der Waals surface area contributed by atoms with E-state index in [9.17, 15) is 14.9 Å². The molecule has 0 radical (unpaired) electrons. The van der Waals surface area contributed by atoms with Crippen LogP contribution in [-0.4, -0.2) is 24.2 Å². The quantitative estimate of drug-likeness (QED) is 0.244. The Bertz CT molecular complexity index is 524. The topological polar surface area (TPSA) is 74.4 Å². The van der Waals surface area contributed by atoms with Crippen LogP contribution in [0.4, 0.5) is 5.69 Å². The normalized spacial score (nSPS) is 11.6. The van der Waals surface area contributed by atoms with Gasteiger partial charge in [0.15, 0.2) is 0 Å². The van der Waals surface area contributed by atoms with Crippen LogP contribution in [0.3, 0.4) is 0 Å². The summed E-state index contributed by atoms with van der Waals surface area (Å²) in [6.45, 7) is 7.33. The standard InChI is InChI=1S/C11H17IN2O4Si/c1-19(2,3)5-4-18-8-13-7-9(14(16)17)6-10(12)11(13)15/h6-7H,4-5,8H2,1-3H3. The maximum Gasteiger partial charge on any atom is 0.286 e. The molecule has 19 heavy (non-hydrogen) atoms. The van der Waals surface area contributed by atoms with E-state index in [-0.39, 0.29) is 18.0 Å². The Morgan fingerprint density at radius 1 is 1.47 bits per heavy atom. The molecule has 6 nitrogen and oxygen atoms in total. The van der Waals surface area contributed by atoms with Crippen molar-refractivity contribution in [3.8, 4) is 0 Å². The van der Waals surface area contributed by atoms with Crippen LogP contribution in [0.5, 0.6) is 0 Å². The number of halogens is 1. The minimum absolute atomic E-state index is 0.0565. The zero-order valence-electron chi connectivity index (χ0n) is 11.2. The second-order valence-corrected chi connectivity index (χ2v) is 12.2. The maximum atomic E-state index is 11.8. The Labute approximate surface area is 126 Å². The largest absolute Gasteiger partial charge is 0.361 e. The molecule has 0 N–H and O–H groups in total. The molecule has 0 aliphatic carbocycles. The van der Waals surface area contributed by atoms with E-state index in [0.717, 1.165) is 6.04 Å². The molecule has 0 saturated carbocycles. The van der Waals surface area contributed by atoms with Crippen molar-refractivity contribution >= 4 is 36.4 Å². The predicted octanol–water partition coefficient (Wildman–Crippen LogP) is 2.67. The Kier molecular flexibility index (Phi) is 5.68. The number of hydrogen-bond acceptors (Lipinski definition) is 4. The molecular weight excluding hydrogens is 379 g/mol. The van der Waals surface area contributed by atoms with Gasteiger partial charge in [-0.2, -0.15) is 0 Å². The first-order valence-electron chi connectivity index (χ1n) is 5.83. The minimum atomic E-state index is -1.17. The average molecular weight is 396 g/mol. The zero-order valence-corrected chi connectivity index (χ0v) is 14.3. The van der Waals surface area contributed by atoms with Gasteiger partial charge in [-0.15, -0.1) is 0 Å². The van der Waals surface area contributed by atoms with Crippen LogP contribution in [0.2, 0.25) is 25.7 Å². The fourth-order valence-electron chi connectivity index (χ4n) is 1.32. The van der Waals surface area contributed by atoms with Crippen LogP contribution in [0.15, 0.2) is 17.1 Å². The zero-order chi connectivity index (χ0) is 14.6. The Morgan fingerprint density at radius 2 is 2.11 bits per heavy atom. The third-order valence-electron chi connectivity index (χ3n) is 2.47. The molecular formula is C11H17IN2O4Si. The van der Waals surface area contributed by atoms with Gasteiger partial charge in [-0.3, -0.25) is 19.5 Å². The van der Waals surface area contributed by atoms with Crippen LogP contribution in [0.25, 0.3) is 0 Å². The fourth-order valence-corrected chi connectivity index (χ4v) is 2.71. The van der Waals surface area contributed by atoms with Crippen LogP contribution < -0.4 is 5.56 Å². The van der Waals surface area contributed by atoms with E-state index < -0.39 is 13.0 Å². The third kappa shape index (κ3) is 5.41. The van der Waals surface area contributed by atoms with E-state index in [2.05, 4.69) is 19.6 Å². The van der Waals surface area contributed by atoms with Gasteiger partial charge in [-0.05, 0) is 28.6 Å². The summed E-state index contributed by atoms with van der Waals surface area (Å²) in [7, 11) is -1.17. The van der Waals surface area contributed by atoms with Gasteiger partial charge in [-0.1, -0.05) is 19.6 Å². The number of pyridine rings is 1. The van der Waals surface area contributed by atoms with Gasteiger partial charge in [0.1, 0.15) is 6.73 Å². The van der Waals surface area contributed by atoms with Crippen molar-refractivity contribution in [2.24, 2.45) is 0 Å². The summed E-state index contributed by atoms with van der Waals surface area (Å²) in [4.78, 5) is 22.0. The van der Waals surface area contributed by atoms with E-state index in [4.69, 9.17) is 4.74 Å². The van der Waals surface area contributed by atoms with E-state index in [1.165, 1.54) is 16.8 Å². The van der Waals surface area contributed by atoms with Crippen molar-refractivity contribution in [3.05, 3.63) is 36.3 Å². The second kappa shape index (κ2) is 6.62. The first-order chi connectivity index (χ1) is 8.70.